The van der Waals surface area contributed by atoms with Crippen molar-refractivity contribution in [3.05, 3.63) is 35.4 Å². The number of rotatable bonds is 14. The molecule has 0 saturated heterocycles. The molecular weight excluding hydrogens is 374 g/mol. The van der Waals surface area contributed by atoms with Crippen molar-refractivity contribution in [2.75, 3.05) is 32.7 Å². The minimum Gasteiger partial charge on any atom is -0.444 e. The molecule has 172 valence electrons. The third-order valence-electron chi connectivity index (χ3n) is 4.99. The summed E-state index contributed by atoms with van der Waals surface area (Å²) in [5.74, 6) is 0. The molecule has 0 aliphatic rings. The Morgan fingerprint density at radius 2 is 1.40 bits per heavy atom. The number of benzene rings is 1. The molecule has 1 aromatic rings. The maximum atomic E-state index is 11.8. The Morgan fingerprint density at radius 3 is 1.90 bits per heavy atom. The molecule has 5 nitrogen and oxygen atoms in total. The molecule has 1 rings (SSSR count). The van der Waals surface area contributed by atoms with E-state index in [0.717, 1.165) is 25.2 Å². The van der Waals surface area contributed by atoms with Crippen LogP contribution in [0.3, 0.4) is 0 Å². The van der Waals surface area contributed by atoms with Crippen LogP contribution in [0.5, 0.6) is 0 Å². The van der Waals surface area contributed by atoms with Crippen molar-refractivity contribution >= 4 is 6.09 Å². The summed E-state index contributed by atoms with van der Waals surface area (Å²) >= 11 is 0. The van der Waals surface area contributed by atoms with E-state index in [0.29, 0.717) is 6.54 Å². The highest BCUT2D eigenvalue weighted by Gasteiger charge is 2.15. The number of carbonyl (C=O) groups excluding carboxylic acids is 1. The van der Waals surface area contributed by atoms with E-state index in [4.69, 9.17) is 4.74 Å². The minimum absolute atomic E-state index is 0.375. The third-order valence-corrected chi connectivity index (χ3v) is 4.99. The molecule has 0 saturated carbocycles. The summed E-state index contributed by atoms with van der Waals surface area (Å²) in [5.41, 5.74) is 1.93. The fourth-order valence-corrected chi connectivity index (χ4v) is 3.50. The molecule has 0 fully saturated rings. The maximum Gasteiger partial charge on any atom is 0.407 e. The lowest BCUT2D eigenvalue weighted by atomic mass is 10.1. The molecule has 1 N–H and O–H groups in total. The van der Waals surface area contributed by atoms with Crippen molar-refractivity contribution in [1.82, 2.24) is 15.1 Å². The predicted octanol–water partition coefficient (Wildman–Crippen LogP) is 5.44. The molecule has 1 amide bonds. The highest BCUT2D eigenvalue weighted by molar-refractivity contribution is 5.67. The normalized spacial score (nSPS) is 11.9. The molecule has 0 atom stereocenters. The second kappa shape index (κ2) is 14.4. The van der Waals surface area contributed by atoms with Crippen LogP contribution in [0.1, 0.15) is 78.4 Å². The van der Waals surface area contributed by atoms with Gasteiger partial charge in [0.05, 0.1) is 0 Å². The topological polar surface area (TPSA) is 44.8 Å². The first-order valence-electron chi connectivity index (χ1n) is 11.8. The molecular formula is C25H45N3O2. The van der Waals surface area contributed by atoms with Gasteiger partial charge in [0.1, 0.15) is 5.60 Å². The van der Waals surface area contributed by atoms with Gasteiger partial charge < -0.3 is 15.0 Å². The largest absolute Gasteiger partial charge is 0.444 e. The Labute approximate surface area is 185 Å². The number of ether oxygens (including phenoxy) is 1. The van der Waals surface area contributed by atoms with Crippen LogP contribution in [-0.4, -0.2) is 54.2 Å². The van der Waals surface area contributed by atoms with E-state index in [2.05, 4.69) is 60.2 Å². The number of hydrogen-bond acceptors (Lipinski definition) is 4. The maximum absolute atomic E-state index is 11.8. The lowest BCUT2D eigenvalue weighted by Gasteiger charge is -2.23. The Kier molecular flexibility index (Phi) is 12.7. The van der Waals surface area contributed by atoms with E-state index in [-0.39, 0.29) is 6.09 Å². The van der Waals surface area contributed by atoms with E-state index >= 15 is 0 Å². The summed E-state index contributed by atoms with van der Waals surface area (Å²) in [5, 5.41) is 2.81. The van der Waals surface area contributed by atoms with Crippen LogP contribution in [0.2, 0.25) is 0 Å². The molecule has 0 aromatic heterocycles. The number of carbonyl (C=O) groups is 1. The highest BCUT2D eigenvalue weighted by atomic mass is 16.6. The van der Waals surface area contributed by atoms with Crippen LogP contribution in [0.25, 0.3) is 0 Å². The average Bonchev–Trinajstić information content (AvgIpc) is 2.68. The molecule has 5 heteroatoms. The van der Waals surface area contributed by atoms with Gasteiger partial charge in [0.2, 0.25) is 0 Å². The molecule has 0 unspecified atom stereocenters. The van der Waals surface area contributed by atoms with Gasteiger partial charge in [-0.25, -0.2) is 4.79 Å². The van der Waals surface area contributed by atoms with Crippen molar-refractivity contribution in [3.8, 4) is 0 Å². The molecule has 0 bridgehead atoms. The molecule has 0 aliphatic carbocycles. The van der Waals surface area contributed by atoms with E-state index in [1.807, 2.05) is 20.8 Å². The number of hydrogen-bond donors (Lipinski definition) is 1. The average molecular weight is 420 g/mol. The van der Waals surface area contributed by atoms with Gasteiger partial charge in [-0.05, 0) is 90.3 Å². The number of alkyl carbamates (subject to hydrolysis) is 1. The Morgan fingerprint density at radius 1 is 0.867 bits per heavy atom. The quantitative estimate of drug-likeness (QED) is 0.408. The zero-order valence-electron chi connectivity index (χ0n) is 20.3. The van der Waals surface area contributed by atoms with E-state index < -0.39 is 5.60 Å². The van der Waals surface area contributed by atoms with E-state index in [1.165, 1.54) is 50.9 Å². The number of nitrogens with one attached hydrogen (secondary N) is 1. The summed E-state index contributed by atoms with van der Waals surface area (Å²) < 4.78 is 5.28. The highest BCUT2D eigenvalue weighted by Crippen LogP contribution is 2.10. The summed E-state index contributed by atoms with van der Waals surface area (Å²) in [7, 11) is 0. The van der Waals surface area contributed by atoms with Crippen LogP contribution < -0.4 is 5.32 Å². The lowest BCUT2D eigenvalue weighted by Crippen LogP contribution is -2.32. The zero-order chi connectivity index (χ0) is 22.4. The molecule has 0 radical (unpaired) electrons. The van der Waals surface area contributed by atoms with Gasteiger partial charge in [-0.2, -0.15) is 0 Å². The smallest absolute Gasteiger partial charge is 0.407 e. The molecule has 1 aromatic carbocycles. The molecule has 0 heterocycles. The van der Waals surface area contributed by atoms with Crippen molar-refractivity contribution < 1.29 is 9.53 Å². The second-order valence-electron chi connectivity index (χ2n) is 9.09. The molecule has 30 heavy (non-hydrogen) atoms. The fraction of sp³-hybridized carbons (Fsp3) is 0.720. The number of unbranched alkanes of at least 4 members (excludes halogenated alkanes) is 1. The van der Waals surface area contributed by atoms with Crippen LogP contribution in [0.4, 0.5) is 4.79 Å². The van der Waals surface area contributed by atoms with Gasteiger partial charge in [-0.3, -0.25) is 4.90 Å². The summed E-state index contributed by atoms with van der Waals surface area (Å²) in [6, 6.07) is 8.51. The first-order chi connectivity index (χ1) is 14.3. The van der Waals surface area contributed by atoms with Gasteiger partial charge in [0.25, 0.3) is 0 Å². The standard InChI is InChI=1S/C25H45N3O2/c1-7-16-28(17-8-2)19-11-10-18-27(9-3)21-23-14-12-22(13-15-23)20-26-24(29)30-25(4,5)6/h12-15H,7-11,16-21H2,1-6H3,(H,26,29). The van der Waals surface area contributed by atoms with Crippen molar-refractivity contribution in [3.63, 3.8) is 0 Å². The summed E-state index contributed by atoms with van der Waals surface area (Å²) in [4.78, 5) is 16.9. The SMILES string of the molecule is CCCN(CCC)CCCCN(CC)Cc1ccc(CNC(=O)OC(C)(C)C)cc1. The third kappa shape index (κ3) is 12.2. The lowest BCUT2D eigenvalue weighted by molar-refractivity contribution is 0.0523. The van der Waals surface area contributed by atoms with Gasteiger partial charge >= 0.3 is 6.09 Å². The second-order valence-corrected chi connectivity index (χ2v) is 9.09. The Balaban J connectivity index is 2.37. The first kappa shape index (κ1) is 26.4. The first-order valence-corrected chi connectivity index (χ1v) is 11.8. The van der Waals surface area contributed by atoms with Crippen LogP contribution >= 0.6 is 0 Å². The van der Waals surface area contributed by atoms with E-state index in [9.17, 15) is 4.79 Å². The summed E-state index contributed by atoms with van der Waals surface area (Å²) in [6.45, 7) is 19.7. The van der Waals surface area contributed by atoms with Crippen LogP contribution in [-0.2, 0) is 17.8 Å². The number of amides is 1. The van der Waals surface area contributed by atoms with Gasteiger partial charge in [-0.1, -0.05) is 45.0 Å². The van der Waals surface area contributed by atoms with Crippen LogP contribution in [0.15, 0.2) is 24.3 Å². The molecule has 0 aliphatic heterocycles. The summed E-state index contributed by atoms with van der Waals surface area (Å²) in [6.07, 6.45) is 4.62. The van der Waals surface area contributed by atoms with Crippen molar-refractivity contribution in [2.45, 2.75) is 85.9 Å². The minimum atomic E-state index is -0.470. The van der Waals surface area contributed by atoms with Crippen LogP contribution in [0, 0.1) is 0 Å². The van der Waals surface area contributed by atoms with Gasteiger partial charge in [-0.15, -0.1) is 0 Å². The zero-order valence-corrected chi connectivity index (χ0v) is 20.3. The van der Waals surface area contributed by atoms with Gasteiger partial charge in [0, 0.05) is 13.1 Å². The van der Waals surface area contributed by atoms with Gasteiger partial charge in [0.15, 0.2) is 0 Å². The number of nitrogens with zero attached hydrogens (tertiary/aromatic N) is 2. The van der Waals surface area contributed by atoms with E-state index in [1.54, 1.807) is 0 Å². The fourth-order valence-electron chi connectivity index (χ4n) is 3.50. The van der Waals surface area contributed by atoms with Crippen molar-refractivity contribution in [1.29, 1.82) is 0 Å². The Hall–Kier alpha value is -1.59. The van der Waals surface area contributed by atoms with Crippen molar-refractivity contribution in [2.24, 2.45) is 0 Å². The monoisotopic (exact) mass is 419 g/mol. The Bertz CT molecular complexity index is 575. The molecule has 0 spiro atoms. The predicted molar refractivity (Wildman–Crippen MR) is 127 cm³/mol.